The van der Waals surface area contributed by atoms with Crippen LogP contribution in [-0.2, 0) is 9.59 Å². The molecule has 5 aromatic rings. The summed E-state index contributed by atoms with van der Waals surface area (Å²) in [5, 5.41) is 21.1. The highest BCUT2D eigenvalue weighted by atomic mass is 19.1. The number of para-hydroxylation sites is 1. The Labute approximate surface area is 323 Å². The van der Waals surface area contributed by atoms with Crippen molar-refractivity contribution in [1.82, 2.24) is 40.2 Å². The van der Waals surface area contributed by atoms with Crippen LogP contribution in [0.3, 0.4) is 0 Å². The first-order valence-electron chi connectivity index (χ1n) is 19.6. The molecule has 6 heterocycles. The number of aromatic amines is 2. The van der Waals surface area contributed by atoms with Crippen LogP contribution in [-0.4, -0.2) is 91.2 Å². The minimum absolute atomic E-state index is 0.00389. The second-order valence-corrected chi connectivity index (χ2v) is 16.1. The molecule has 55 heavy (non-hydrogen) atoms. The van der Waals surface area contributed by atoms with Gasteiger partial charge in [-0.15, -0.1) is 0 Å². The molecule has 0 bridgehead atoms. The van der Waals surface area contributed by atoms with E-state index in [0.29, 0.717) is 22.9 Å². The third kappa shape index (κ3) is 11.0. The van der Waals surface area contributed by atoms with Crippen molar-refractivity contribution in [3.63, 3.8) is 0 Å². The molecule has 0 aliphatic carbocycles. The summed E-state index contributed by atoms with van der Waals surface area (Å²) in [5.74, 6) is 0.500. The average Bonchev–Trinajstić information content (AvgIpc) is 3.87. The molecule has 2 amide bonds. The van der Waals surface area contributed by atoms with Crippen LogP contribution in [0.5, 0.6) is 0 Å². The summed E-state index contributed by atoms with van der Waals surface area (Å²) in [4.78, 5) is 38.7. The van der Waals surface area contributed by atoms with Crippen molar-refractivity contribution < 1.29 is 14.0 Å². The zero-order valence-electron chi connectivity index (χ0n) is 32.6. The Morgan fingerprint density at radius 3 is 1.73 bits per heavy atom. The van der Waals surface area contributed by atoms with E-state index in [-0.39, 0.29) is 11.8 Å². The van der Waals surface area contributed by atoms with Crippen LogP contribution in [0.25, 0.3) is 33.4 Å². The molecule has 2 aliphatic heterocycles. The number of H-pyrrole nitrogens is 2. The lowest BCUT2D eigenvalue weighted by molar-refractivity contribution is -0.125. The highest BCUT2D eigenvalue weighted by Crippen LogP contribution is 2.28. The van der Waals surface area contributed by atoms with Gasteiger partial charge in [0.15, 0.2) is 11.6 Å². The second kappa shape index (κ2) is 18.1. The van der Waals surface area contributed by atoms with Gasteiger partial charge in [-0.05, 0) is 96.0 Å². The molecule has 0 spiro atoms. The number of nitrogens with one attached hydrogen (secondary N) is 4. The summed E-state index contributed by atoms with van der Waals surface area (Å²) >= 11 is 0. The van der Waals surface area contributed by atoms with Crippen LogP contribution >= 0.6 is 0 Å². The largest absolute Gasteiger partial charge is 0.309 e. The first kappa shape index (κ1) is 39.7. The molecular weight excluding hydrogens is 696 g/mol. The van der Waals surface area contributed by atoms with Crippen molar-refractivity contribution in [3.8, 4) is 22.5 Å². The van der Waals surface area contributed by atoms with Gasteiger partial charge in [-0.3, -0.25) is 29.8 Å². The number of fused-ring (bicyclic) bond motifs is 1. The molecule has 1 aromatic carbocycles. The van der Waals surface area contributed by atoms with Crippen LogP contribution < -0.4 is 10.6 Å². The number of aromatic nitrogens is 6. The molecule has 4 aromatic heterocycles. The van der Waals surface area contributed by atoms with Gasteiger partial charge in [-0.2, -0.15) is 10.2 Å². The SMILES string of the molecule is CC(C)(CCN1CCCCC1)C(=O)Nc1cc(-c2cnc3ccccc3c2)[nH]n1.CC(C)(CCN1CCCCC1)C(=O)Nc1cc(-c2cncc(F)c2)[nH]n1. The summed E-state index contributed by atoms with van der Waals surface area (Å²) < 4.78 is 13.3. The Morgan fingerprint density at radius 1 is 0.691 bits per heavy atom. The van der Waals surface area contributed by atoms with E-state index >= 15 is 0 Å². The van der Waals surface area contributed by atoms with Gasteiger partial charge in [-0.25, -0.2) is 4.39 Å². The lowest BCUT2D eigenvalue weighted by atomic mass is 9.87. The lowest BCUT2D eigenvalue weighted by Crippen LogP contribution is -2.37. The van der Waals surface area contributed by atoms with Crippen molar-refractivity contribution in [1.29, 1.82) is 0 Å². The van der Waals surface area contributed by atoms with Gasteiger partial charge in [0, 0.05) is 51.9 Å². The van der Waals surface area contributed by atoms with Crippen molar-refractivity contribution >= 4 is 34.4 Å². The molecule has 2 fully saturated rings. The number of hydrogen-bond donors (Lipinski definition) is 4. The fourth-order valence-electron chi connectivity index (χ4n) is 6.88. The molecule has 13 heteroatoms. The number of likely N-dealkylation sites (tertiary alicyclic amines) is 2. The number of halogens is 1. The highest BCUT2D eigenvalue weighted by Gasteiger charge is 2.30. The van der Waals surface area contributed by atoms with Gasteiger partial charge in [0.1, 0.15) is 5.82 Å². The Morgan fingerprint density at radius 2 is 1.20 bits per heavy atom. The van der Waals surface area contributed by atoms with E-state index in [0.717, 1.165) is 80.5 Å². The van der Waals surface area contributed by atoms with E-state index in [4.69, 9.17) is 0 Å². The number of anilines is 2. The van der Waals surface area contributed by atoms with Crippen molar-refractivity contribution in [2.24, 2.45) is 10.8 Å². The summed E-state index contributed by atoms with van der Waals surface area (Å²) in [5.41, 5.74) is 3.00. The predicted molar refractivity (Wildman–Crippen MR) is 216 cm³/mol. The molecule has 2 saturated heterocycles. The van der Waals surface area contributed by atoms with Crippen LogP contribution in [0.1, 0.15) is 79.1 Å². The number of pyridine rings is 2. The van der Waals surface area contributed by atoms with E-state index in [1.807, 2.05) is 64.2 Å². The summed E-state index contributed by atoms with van der Waals surface area (Å²) in [6, 6.07) is 15.0. The van der Waals surface area contributed by atoms with Crippen LogP contribution in [0.15, 0.2) is 67.1 Å². The van der Waals surface area contributed by atoms with Crippen molar-refractivity contribution in [3.05, 3.63) is 72.9 Å². The highest BCUT2D eigenvalue weighted by molar-refractivity contribution is 5.95. The number of amides is 2. The number of rotatable bonds is 12. The zero-order valence-corrected chi connectivity index (χ0v) is 32.6. The number of carbonyl (C=O) groups is 2. The van der Waals surface area contributed by atoms with Gasteiger partial charge >= 0.3 is 0 Å². The summed E-state index contributed by atoms with van der Waals surface area (Å²) in [6.07, 6.45) is 13.8. The predicted octanol–water partition coefficient (Wildman–Crippen LogP) is 7.92. The fraction of sp³-hybridized carbons (Fsp3) is 0.476. The van der Waals surface area contributed by atoms with Gasteiger partial charge in [-0.1, -0.05) is 58.7 Å². The molecule has 0 radical (unpaired) electrons. The van der Waals surface area contributed by atoms with E-state index in [2.05, 4.69) is 56.9 Å². The van der Waals surface area contributed by atoms with E-state index in [1.165, 1.54) is 44.6 Å². The van der Waals surface area contributed by atoms with Crippen LogP contribution in [0, 0.1) is 16.6 Å². The maximum atomic E-state index is 13.3. The molecule has 12 nitrogen and oxygen atoms in total. The minimum Gasteiger partial charge on any atom is -0.309 e. The molecule has 7 rings (SSSR count). The van der Waals surface area contributed by atoms with Gasteiger partial charge in [0.25, 0.3) is 0 Å². The maximum absolute atomic E-state index is 13.3. The van der Waals surface area contributed by atoms with E-state index in [9.17, 15) is 14.0 Å². The molecule has 292 valence electrons. The first-order chi connectivity index (χ1) is 26.4. The van der Waals surface area contributed by atoms with Crippen molar-refractivity contribution in [2.75, 3.05) is 49.9 Å². The smallest absolute Gasteiger partial charge is 0.231 e. The Hall–Kier alpha value is -5.01. The number of benzene rings is 1. The quantitative estimate of drug-likeness (QED) is 0.101. The third-order valence-corrected chi connectivity index (χ3v) is 10.8. The summed E-state index contributed by atoms with van der Waals surface area (Å²) in [7, 11) is 0. The standard InChI is InChI=1S/C23H29N5O.C19H26FN5O/c1-23(2,10-13-28-11-6-3-7-12-28)22(29)25-21-15-20(26-27-21)18-14-17-8-4-5-9-19(17)24-16-18;1-19(2,6-9-25-7-4-3-5-8-25)18(26)22-17-11-16(23-24-17)14-10-15(20)13-21-12-14/h4-5,8-9,14-16H,3,6-7,10-13H2,1-2H3,(H2,25,26,27,29);10-13H,3-9H2,1-2H3,(H2,22,23,24,26). The first-order valence-corrected chi connectivity index (χ1v) is 19.6. The third-order valence-electron chi connectivity index (χ3n) is 10.8. The Bertz CT molecular complexity index is 2030. The van der Waals surface area contributed by atoms with Gasteiger partial charge < -0.3 is 20.4 Å². The monoisotopic (exact) mass is 750 g/mol. The molecular formula is C42H55FN10O2. The van der Waals surface area contributed by atoms with Crippen LogP contribution in [0.2, 0.25) is 0 Å². The van der Waals surface area contributed by atoms with Gasteiger partial charge in [0.2, 0.25) is 11.8 Å². The normalized spacial score (nSPS) is 15.7. The molecule has 0 saturated carbocycles. The number of hydrogen-bond acceptors (Lipinski definition) is 8. The number of piperidine rings is 2. The molecule has 4 N–H and O–H groups in total. The zero-order chi connectivity index (χ0) is 38.8. The van der Waals surface area contributed by atoms with Crippen LogP contribution in [0.4, 0.5) is 16.0 Å². The van der Waals surface area contributed by atoms with Gasteiger partial charge in [0.05, 0.1) is 23.1 Å². The maximum Gasteiger partial charge on any atom is 0.231 e. The Balaban J connectivity index is 0.000000188. The van der Waals surface area contributed by atoms with E-state index in [1.54, 1.807) is 12.3 Å². The second-order valence-electron chi connectivity index (χ2n) is 16.1. The Kier molecular flexibility index (Phi) is 13.0. The lowest BCUT2D eigenvalue weighted by Gasteiger charge is -2.30. The number of nitrogens with zero attached hydrogens (tertiary/aromatic N) is 6. The molecule has 2 aliphatic rings. The number of carbonyl (C=O) groups excluding carboxylic acids is 2. The van der Waals surface area contributed by atoms with E-state index < -0.39 is 16.6 Å². The molecule has 0 unspecified atom stereocenters. The summed E-state index contributed by atoms with van der Waals surface area (Å²) in [6.45, 7) is 14.4. The molecule has 0 atom stereocenters. The van der Waals surface area contributed by atoms with Crippen molar-refractivity contribution in [2.45, 2.75) is 79.1 Å². The fourth-order valence-corrected chi connectivity index (χ4v) is 6.88. The topological polar surface area (TPSA) is 148 Å². The minimum atomic E-state index is -0.489. The average molecular weight is 751 g/mol.